The Hall–Kier alpha value is -0.820. The molecular weight excluding hydrogens is 160 g/mol. The molecule has 0 amide bonds. The summed E-state index contributed by atoms with van der Waals surface area (Å²) in [6.07, 6.45) is 0.758. The molecule has 1 nitrogen and oxygen atoms in total. The van der Waals surface area contributed by atoms with Gasteiger partial charge in [-0.1, -0.05) is 38.1 Å². The van der Waals surface area contributed by atoms with Crippen LogP contribution in [0.3, 0.4) is 0 Å². The average molecular weight is 178 g/mol. The fourth-order valence-electron chi connectivity index (χ4n) is 1.40. The third-order valence-corrected chi connectivity index (χ3v) is 2.11. The largest absolute Gasteiger partial charge is 0.389 e. The highest BCUT2D eigenvalue weighted by molar-refractivity contribution is 5.24. The molecule has 1 aromatic rings. The maximum atomic E-state index is 9.30. The molecule has 13 heavy (non-hydrogen) atoms. The third-order valence-electron chi connectivity index (χ3n) is 2.11. The van der Waals surface area contributed by atoms with Crippen molar-refractivity contribution in [3.05, 3.63) is 35.4 Å². The SMILES string of the molecule is CC(C)Cc1ccc([C@H](C)O)cc1. The van der Waals surface area contributed by atoms with E-state index in [1.165, 1.54) is 5.56 Å². The van der Waals surface area contributed by atoms with Crippen LogP contribution in [0, 0.1) is 5.92 Å². The Morgan fingerprint density at radius 1 is 1.08 bits per heavy atom. The van der Waals surface area contributed by atoms with Gasteiger partial charge in [0.15, 0.2) is 0 Å². The zero-order chi connectivity index (χ0) is 9.84. The van der Waals surface area contributed by atoms with Crippen molar-refractivity contribution in [3.8, 4) is 0 Å². The Labute approximate surface area is 80.4 Å². The molecule has 0 radical (unpaired) electrons. The van der Waals surface area contributed by atoms with Crippen molar-refractivity contribution >= 4 is 0 Å². The maximum absolute atomic E-state index is 9.30. The van der Waals surface area contributed by atoms with Crippen LogP contribution in [-0.2, 0) is 6.42 Å². The molecule has 0 spiro atoms. The van der Waals surface area contributed by atoms with Crippen LogP contribution < -0.4 is 0 Å². The van der Waals surface area contributed by atoms with E-state index in [2.05, 4.69) is 26.0 Å². The van der Waals surface area contributed by atoms with Crippen LogP contribution in [0.5, 0.6) is 0 Å². The van der Waals surface area contributed by atoms with Crippen LogP contribution in [0.1, 0.15) is 38.0 Å². The van der Waals surface area contributed by atoms with Gasteiger partial charge in [-0.3, -0.25) is 0 Å². The monoisotopic (exact) mass is 178 g/mol. The molecule has 1 heteroatoms. The van der Waals surface area contributed by atoms with E-state index < -0.39 is 0 Å². The van der Waals surface area contributed by atoms with E-state index >= 15 is 0 Å². The lowest BCUT2D eigenvalue weighted by Crippen LogP contribution is -1.95. The molecule has 0 aliphatic rings. The minimum Gasteiger partial charge on any atom is -0.389 e. The van der Waals surface area contributed by atoms with Gasteiger partial charge in [-0.2, -0.15) is 0 Å². The highest BCUT2D eigenvalue weighted by Crippen LogP contribution is 2.14. The van der Waals surface area contributed by atoms with Gasteiger partial charge in [0.05, 0.1) is 6.10 Å². The molecular formula is C12H18O. The second kappa shape index (κ2) is 4.43. The summed E-state index contributed by atoms with van der Waals surface area (Å²) in [6.45, 7) is 6.21. The number of aliphatic hydroxyl groups is 1. The Bertz CT molecular complexity index is 246. The first-order valence-electron chi connectivity index (χ1n) is 4.86. The molecule has 0 saturated carbocycles. The van der Waals surface area contributed by atoms with Crippen LogP contribution in [0.25, 0.3) is 0 Å². The molecule has 0 aliphatic heterocycles. The molecule has 0 saturated heterocycles. The molecule has 72 valence electrons. The van der Waals surface area contributed by atoms with Crippen LogP contribution in [0.2, 0.25) is 0 Å². The standard InChI is InChI=1S/C12H18O/c1-9(2)8-11-4-6-12(7-5-11)10(3)13/h4-7,9-10,13H,8H2,1-3H3/t10-/m0/s1. The van der Waals surface area contributed by atoms with Gasteiger partial charge in [0.25, 0.3) is 0 Å². The normalized spacial score (nSPS) is 13.3. The summed E-state index contributed by atoms with van der Waals surface area (Å²) >= 11 is 0. The van der Waals surface area contributed by atoms with Crippen LogP contribution in [0.4, 0.5) is 0 Å². The Kier molecular flexibility index (Phi) is 3.49. The number of hydrogen-bond acceptors (Lipinski definition) is 1. The van der Waals surface area contributed by atoms with E-state index in [0.717, 1.165) is 12.0 Å². The lowest BCUT2D eigenvalue weighted by Gasteiger charge is -2.07. The predicted molar refractivity (Wildman–Crippen MR) is 55.6 cm³/mol. The lowest BCUT2D eigenvalue weighted by molar-refractivity contribution is 0.199. The van der Waals surface area contributed by atoms with Crippen LogP contribution in [0.15, 0.2) is 24.3 Å². The van der Waals surface area contributed by atoms with Crippen molar-refractivity contribution in [3.63, 3.8) is 0 Å². The van der Waals surface area contributed by atoms with E-state index in [4.69, 9.17) is 0 Å². The molecule has 1 rings (SSSR count). The molecule has 1 atom stereocenters. The van der Waals surface area contributed by atoms with Gasteiger partial charge >= 0.3 is 0 Å². The zero-order valence-electron chi connectivity index (χ0n) is 8.62. The van der Waals surface area contributed by atoms with Crippen LogP contribution >= 0.6 is 0 Å². The number of rotatable bonds is 3. The summed E-state index contributed by atoms with van der Waals surface area (Å²) in [7, 11) is 0. The molecule has 1 N–H and O–H groups in total. The van der Waals surface area contributed by atoms with Gasteiger partial charge in [0.1, 0.15) is 0 Å². The summed E-state index contributed by atoms with van der Waals surface area (Å²) in [5.74, 6) is 0.692. The lowest BCUT2D eigenvalue weighted by atomic mass is 10.0. The fourth-order valence-corrected chi connectivity index (χ4v) is 1.40. The zero-order valence-corrected chi connectivity index (χ0v) is 8.62. The second-order valence-electron chi connectivity index (χ2n) is 4.02. The van der Waals surface area contributed by atoms with Gasteiger partial charge in [-0.15, -0.1) is 0 Å². The first kappa shape index (κ1) is 10.3. The highest BCUT2D eigenvalue weighted by atomic mass is 16.3. The molecule has 0 fully saturated rings. The van der Waals surface area contributed by atoms with Gasteiger partial charge in [-0.25, -0.2) is 0 Å². The van der Waals surface area contributed by atoms with Crippen molar-refractivity contribution < 1.29 is 5.11 Å². The minimum atomic E-state index is -0.354. The summed E-state index contributed by atoms with van der Waals surface area (Å²) < 4.78 is 0. The number of aliphatic hydroxyl groups excluding tert-OH is 1. The smallest absolute Gasteiger partial charge is 0.0761 e. The van der Waals surface area contributed by atoms with E-state index in [1.54, 1.807) is 6.92 Å². The minimum absolute atomic E-state index is 0.354. The molecule has 1 aromatic carbocycles. The molecule has 0 heterocycles. The summed E-state index contributed by atoms with van der Waals surface area (Å²) in [6, 6.07) is 8.20. The Morgan fingerprint density at radius 2 is 1.62 bits per heavy atom. The van der Waals surface area contributed by atoms with E-state index in [-0.39, 0.29) is 6.10 Å². The van der Waals surface area contributed by atoms with Gasteiger partial charge in [0, 0.05) is 0 Å². The first-order chi connectivity index (χ1) is 6.09. The van der Waals surface area contributed by atoms with Gasteiger partial charge in [0.2, 0.25) is 0 Å². The first-order valence-corrected chi connectivity index (χ1v) is 4.86. The fraction of sp³-hybridized carbons (Fsp3) is 0.500. The maximum Gasteiger partial charge on any atom is 0.0761 e. The van der Waals surface area contributed by atoms with Crippen molar-refractivity contribution in [2.24, 2.45) is 5.92 Å². The number of hydrogen-bond donors (Lipinski definition) is 1. The van der Waals surface area contributed by atoms with Crippen molar-refractivity contribution in [2.75, 3.05) is 0 Å². The summed E-state index contributed by atoms with van der Waals surface area (Å²) in [5.41, 5.74) is 2.34. The van der Waals surface area contributed by atoms with Gasteiger partial charge in [-0.05, 0) is 30.4 Å². The van der Waals surface area contributed by atoms with E-state index in [9.17, 15) is 5.11 Å². The number of benzene rings is 1. The average Bonchev–Trinajstić information content (AvgIpc) is 2.04. The summed E-state index contributed by atoms with van der Waals surface area (Å²) in [4.78, 5) is 0. The predicted octanol–water partition coefficient (Wildman–Crippen LogP) is 2.94. The molecule has 0 bridgehead atoms. The molecule has 0 aromatic heterocycles. The Morgan fingerprint density at radius 3 is 2.00 bits per heavy atom. The topological polar surface area (TPSA) is 20.2 Å². The Balaban J connectivity index is 2.70. The van der Waals surface area contributed by atoms with E-state index in [1.807, 2.05) is 12.1 Å². The van der Waals surface area contributed by atoms with Crippen LogP contribution in [-0.4, -0.2) is 5.11 Å². The molecule has 0 unspecified atom stereocenters. The van der Waals surface area contributed by atoms with Gasteiger partial charge < -0.3 is 5.11 Å². The highest BCUT2D eigenvalue weighted by Gasteiger charge is 2.01. The van der Waals surface area contributed by atoms with E-state index in [0.29, 0.717) is 5.92 Å². The van der Waals surface area contributed by atoms with Crippen molar-refractivity contribution in [1.29, 1.82) is 0 Å². The second-order valence-corrected chi connectivity index (χ2v) is 4.02. The molecule has 0 aliphatic carbocycles. The van der Waals surface area contributed by atoms with Crippen molar-refractivity contribution in [1.82, 2.24) is 0 Å². The quantitative estimate of drug-likeness (QED) is 0.754. The van der Waals surface area contributed by atoms with Crippen molar-refractivity contribution in [2.45, 2.75) is 33.3 Å². The summed E-state index contributed by atoms with van der Waals surface area (Å²) in [5, 5.41) is 9.30. The third kappa shape index (κ3) is 3.19.